The summed E-state index contributed by atoms with van der Waals surface area (Å²) in [6.45, 7) is 2.37. The molecule has 1 aromatic carbocycles. The van der Waals surface area contributed by atoms with Crippen LogP contribution in [0, 0.1) is 6.92 Å². The Bertz CT molecular complexity index is 817. The summed E-state index contributed by atoms with van der Waals surface area (Å²) < 4.78 is 27.5. The number of thiazole rings is 1. The van der Waals surface area contributed by atoms with Gasteiger partial charge in [0.1, 0.15) is 0 Å². The first-order valence-electron chi connectivity index (χ1n) is 8.24. The van der Waals surface area contributed by atoms with Gasteiger partial charge in [-0.3, -0.25) is 4.79 Å². The molecule has 6 nitrogen and oxygen atoms in total. The van der Waals surface area contributed by atoms with Crippen LogP contribution in [-0.2, 0) is 14.8 Å². The summed E-state index contributed by atoms with van der Waals surface area (Å²) in [6, 6.07) is 6.53. The number of aryl methyl sites for hydroxylation is 1. The summed E-state index contributed by atoms with van der Waals surface area (Å²) in [5, 5.41) is 5.05. The molecule has 3 rings (SSSR count). The summed E-state index contributed by atoms with van der Waals surface area (Å²) in [4.78, 5) is 16.6. The third kappa shape index (κ3) is 4.26. The number of nitrogens with one attached hydrogen (secondary N) is 1. The molecule has 1 atom stereocenters. The second-order valence-electron chi connectivity index (χ2n) is 6.17. The molecule has 1 N–H and O–H groups in total. The molecule has 0 saturated carbocycles. The van der Waals surface area contributed by atoms with Gasteiger partial charge in [0.25, 0.3) is 0 Å². The normalized spacial score (nSPS) is 18.8. The van der Waals surface area contributed by atoms with Gasteiger partial charge >= 0.3 is 0 Å². The Morgan fingerprint density at radius 2 is 2.08 bits per heavy atom. The average Bonchev–Trinajstić information content (AvgIpc) is 3.08. The van der Waals surface area contributed by atoms with E-state index in [2.05, 4.69) is 10.3 Å². The van der Waals surface area contributed by atoms with Crippen LogP contribution in [0.25, 0.3) is 0 Å². The standard InChI is InChI=1S/C17H21N3O3S2/c1-13-5-7-15(8-6-13)25(22,23)20-10-3-2-4-14(20)12-16(21)19-17-18-9-11-24-17/h5-9,11,14H,2-4,10,12H2,1H3,(H,18,19,21). The van der Waals surface area contributed by atoms with Crippen LogP contribution < -0.4 is 5.32 Å². The van der Waals surface area contributed by atoms with E-state index in [1.807, 2.05) is 6.92 Å². The third-order valence-electron chi connectivity index (χ3n) is 4.30. The number of hydrogen-bond acceptors (Lipinski definition) is 5. The number of sulfonamides is 1. The van der Waals surface area contributed by atoms with Gasteiger partial charge < -0.3 is 5.32 Å². The average molecular weight is 380 g/mol. The summed E-state index contributed by atoms with van der Waals surface area (Å²) in [5.74, 6) is -0.203. The van der Waals surface area contributed by atoms with Crippen molar-refractivity contribution in [3.05, 3.63) is 41.4 Å². The van der Waals surface area contributed by atoms with Crippen LogP contribution in [-0.4, -0.2) is 36.2 Å². The van der Waals surface area contributed by atoms with Gasteiger partial charge in [-0.1, -0.05) is 24.1 Å². The van der Waals surface area contributed by atoms with E-state index in [0.717, 1.165) is 18.4 Å². The van der Waals surface area contributed by atoms with E-state index < -0.39 is 10.0 Å². The number of benzene rings is 1. The number of piperidine rings is 1. The van der Waals surface area contributed by atoms with E-state index >= 15 is 0 Å². The lowest BCUT2D eigenvalue weighted by molar-refractivity contribution is -0.117. The van der Waals surface area contributed by atoms with Gasteiger partial charge in [0, 0.05) is 30.6 Å². The Morgan fingerprint density at radius 1 is 1.32 bits per heavy atom. The predicted octanol–water partition coefficient (Wildman–Crippen LogP) is 3.02. The Morgan fingerprint density at radius 3 is 2.76 bits per heavy atom. The van der Waals surface area contributed by atoms with Crippen molar-refractivity contribution in [3.8, 4) is 0 Å². The van der Waals surface area contributed by atoms with E-state index in [1.54, 1.807) is 35.8 Å². The fourth-order valence-electron chi connectivity index (χ4n) is 3.01. The highest BCUT2D eigenvalue weighted by Gasteiger charge is 2.34. The number of amides is 1. The highest BCUT2D eigenvalue weighted by molar-refractivity contribution is 7.89. The van der Waals surface area contributed by atoms with Gasteiger partial charge in [-0.25, -0.2) is 13.4 Å². The minimum atomic E-state index is -3.60. The number of aromatic nitrogens is 1. The molecule has 1 unspecified atom stereocenters. The van der Waals surface area contributed by atoms with Crippen LogP contribution in [0.4, 0.5) is 5.13 Å². The zero-order valence-electron chi connectivity index (χ0n) is 14.0. The Balaban J connectivity index is 1.76. The number of carbonyl (C=O) groups excluding carboxylic acids is 1. The summed E-state index contributed by atoms with van der Waals surface area (Å²) in [7, 11) is -3.60. The fraction of sp³-hybridized carbons (Fsp3) is 0.412. The summed E-state index contributed by atoms with van der Waals surface area (Å²) >= 11 is 1.34. The molecule has 0 aliphatic carbocycles. The monoisotopic (exact) mass is 379 g/mol. The largest absolute Gasteiger partial charge is 0.302 e. The summed E-state index contributed by atoms with van der Waals surface area (Å²) in [6.07, 6.45) is 4.20. The second kappa shape index (κ2) is 7.63. The Hall–Kier alpha value is -1.77. The quantitative estimate of drug-likeness (QED) is 0.866. The molecule has 1 saturated heterocycles. The molecule has 25 heavy (non-hydrogen) atoms. The lowest BCUT2D eigenvalue weighted by Crippen LogP contribution is -2.45. The number of nitrogens with zero attached hydrogens (tertiary/aromatic N) is 2. The van der Waals surface area contributed by atoms with E-state index in [0.29, 0.717) is 18.1 Å². The second-order valence-corrected chi connectivity index (χ2v) is 8.95. The summed E-state index contributed by atoms with van der Waals surface area (Å²) in [5.41, 5.74) is 1.01. The first-order valence-corrected chi connectivity index (χ1v) is 10.6. The van der Waals surface area contributed by atoms with Crippen LogP contribution in [0.1, 0.15) is 31.2 Å². The van der Waals surface area contributed by atoms with E-state index in [4.69, 9.17) is 0 Å². The van der Waals surface area contributed by atoms with Crippen molar-refractivity contribution >= 4 is 32.4 Å². The van der Waals surface area contributed by atoms with Crippen molar-refractivity contribution in [3.63, 3.8) is 0 Å². The van der Waals surface area contributed by atoms with Crippen molar-refractivity contribution in [1.82, 2.24) is 9.29 Å². The molecular weight excluding hydrogens is 358 g/mol. The topological polar surface area (TPSA) is 79.4 Å². The minimum Gasteiger partial charge on any atom is -0.302 e. The van der Waals surface area contributed by atoms with Gasteiger partial charge in [0.15, 0.2) is 5.13 Å². The third-order valence-corrected chi connectivity index (χ3v) is 6.95. The maximum atomic E-state index is 13.0. The van der Waals surface area contributed by atoms with E-state index in [1.165, 1.54) is 15.6 Å². The van der Waals surface area contributed by atoms with Crippen molar-refractivity contribution in [2.45, 2.75) is 43.5 Å². The molecule has 1 aliphatic heterocycles. The van der Waals surface area contributed by atoms with Gasteiger partial charge in [0.05, 0.1) is 4.90 Å². The molecule has 134 valence electrons. The van der Waals surface area contributed by atoms with Gasteiger partial charge in [-0.2, -0.15) is 4.31 Å². The number of hydrogen-bond donors (Lipinski definition) is 1. The molecule has 2 heterocycles. The van der Waals surface area contributed by atoms with Crippen LogP contribution in [0.3, 0.4) is 0 Å². The van der Waals surface area contributed by atoms with Crippen molar-refractivity contribution in [2.75, 3.05) is 11.9 Å². The van der Waals surface area contributed by atoms with Crippen LogP contribution in [0.5, 0.6) is 0 Å². The SMILES string of the molecule is Cc1ccc(S(=O)(=O)N2CCCCC2CC(=O)Nc2nccs2)cc1. The lowest BCUT2D eigenvalue weighted by atomic mass is 10.0. The van der Waals surface area contributed by atoms with Gasteiger partial charge in [0.2, 0.25) is 15.9 Å². The van der Waals surface area contributed by atoms with Crippen LogP contribution in [0.15, 0.2) is 40.7 Å². The molecule has 1 aromatic heterocycles. The highest BCUT2D eigenvalue weighted by atomic mass is 32.2. The van der Waals surface area contributed by atoms with Crippen molar-refractivity contribution in [1.29, 1.82) is 0 Å². The number of anilines is 1. The van der Waals surface area contributed by atoms with Crippen LogP contribution in [0.2, 0.25) is 0 Å². The number of carbonyl (C=O) groups is 1. The minimum absolute atomic E-state index is 0.144. The predicted molar refractivity (Wildman–Crippen MR) is 98.1 cm³/mol. The molecule has 0 radical (unpaired) electrons. The molecule has 2 aromatic rings. The van der Waals surface area contributed by atoms with E-state index in [9.17, 15) is 13.2 Å². The van der Waals surface area contributed by atoms with Gasteiger partial charge in [-0.15, -0.1) is 11.3 Å². The Labute approximate surface area is 151 Å². The maximum Gasteiger partial charge on any atom is 0.243 e. The van der Waals surface area contributed by atoms with E-state index in [-0.39, 0.29) is 23.3 Å². The molecule has 1 aliphatic rings. The molecule has 0 bridgehead atoms. The lowest BCUT2D eigenvalue weighted by Gasteiger charge is -2.34. The van der Waals surface area contributed by atoms with Gasteiger partial charge in [-0.05, 0) is 31.9 Å². The first-order chi connectivity index (χ1) is 12.0. The maximum absolute atomic E-state index is 13.0. The molecular formula is C17H21N3O3S2. The molecule has 1 amide bonds. The highest BCUT2D eigenvalue weighted by Crippen LogP contribution is 2.27. The zero-order valence-corrected chi connectivity index (χ0v) is 15.6. The van der Waals surface area contributed by atoms with Crippen molar-refractivity contribution in [2.24, 2.45) is 0 Å². The molecule has 8 heteroatoms. The smallest absolute Gasteiger partial charge is 0.243 e. The van der Waals surface area contributed by atoms with Crippen LogP contribution >= 0.6 is 11.3 Å². The molecule has 0 spiro atoms. The zero-order chi connectivity index (χ0) is 17.9. The first kappa shape index (κ1) is 18.0. The van der Waals surface area contributed by atoms with Crippen molar-refractivity contribution < 1.29 is 13.2 Å². The molecule has 1 fully saturated rings. The Kier molecular flexibility index (Phi) is 5.51. The number of rotatable bonds is 5. The fourth-order valence-corrected chi connectivity index (χ4v) is 5.25.